The zero-order valence-electron chi connectivity index (χ0n) is 21.6. The van der Waals surface area contributed by atoms with Crippen molar-refractivity contribution in [2.75, 3.05) is 5.32 Å². The Morgan fingerprint density at radius 3 is 2.73 bits per heavy atom. The van der Waals surface area contributed by atoms with Crippen LogP contribution in [0, 0.1) is 11.0 Å². The van der Waals surface area contributed by atoms with E-state index in [-0.39, 0.29) is 11.0 Å². The number of rotatable bonds is 6. The number of nitrogens with one attached hydrogen (secondary N) is 3. The Labute approximate surface area is 233 Å². The van der Waals surface area contributed by atoms with Crippen molar-refractivity contribution in [2.45, 2.75) is 38.5 Å². The van der Waals surface area contributed by atoms with E-state index in [1.165, 1.54) is 25.3 Å². The highest BCUT2D eigenvalue weighted by atomic mass is 32.1. The number of carbonyl (C=O) groups excluding carboxylic acids is 1. The Balaban J connectivity index is 1.19. The standard InChI is InChI=1S/C30H26FN7OS/c31-27-9-8-26(40-27)21-15-33-16-25-20(21)12-24(35-25)30-29-23(37-38-30)7-6-22(36-29)18-11-19(14-32-13-18)34-28(39)10-17-4-2-1-3-5-17/h6-9,11-17,35H,1-5,10H2,(H,34,39)(H,37,38). The molecule has 8 nitrogen and oxygen atoms in total. The van der Waals surface area contributed by atoms with Crippen LogP contribution in [0.3, 0.4) is 0 Å². The monoisotopic (exact) mass is 551 g/mol. The van der Waals surface area contributed by atoms with Crippen molar-refractivity contribution in [2.24, 2.45) is 5.92 Å². The Hall–Kier alpha value is -4.44. The number of fused-ring (bicyclic) bond motifs is 2. The second-order valence-corrected chi connectivity index (χ2v) is 11.4. The molecular formula is C30H26FN7OS. The van der Waals surface area contributed by atoms with Crippen LogP contribution < -0.4 is 5.32 Å². The zero-order valence-corrected chi connectivity index (χ0v) is 22.4. The molecule has 200 valence electrons. The van der Waals surface area contributed by atoms with Crippen LogP contribution in [0.2, 0.25) is 0 Å². The highest BCUT2D eigenvalue weighted by Crippen LogP contribution is 2.36. The van der Waals surface area contributed by atoms with Gasteiger partial charge in [0.2, 0.25) is 5.91 Å². The van der Waals surface area contributed by atoms with Gasteiger partial charge in [0, 0.05) is 40.2 Å². The van der Waals surface area contributed by atoms with Crippen molar-refractivity contribution in [3.8, 4) is 33.1 Å². The average molecular weight is 552 g/mol. The van der Waals surface area contributed by atoms with Gasteiger partial charge in [-0.05, 0) is 55.2 Å². The fourth-order valence-corrected chi connectivity index (χ4v) is 6.35. The number of H-pyrrole nitrogens is 2. The van der Waals surface area contributed by atoms with E-state index in [9.17, 15) is 9.18 Å². The number of thiophene rings is 1. The predicted octanol–water partition coefficient (Wildman–Crippen LogP) is 7.34. The fraction of sp³-hybridized carbons (Fsp3) is 0.233. The topological polar surface area (TPSA) is 112 Å². The van der Waals surface area contributed by atoms with Crippen LogP contribution in [0.4, 0.5) is 10.1 Å². The maximum absolute atomic E-state index is 13.7. The Morgan fingerprint density at radius 2 is 1.88 bits per heavy atom. The van der Waals surface area contributed by atoms with Crippen molar-refractivity contribution in [1.29, 1.82) is 0 Å². The second-order valence-electron chi connectivity index (χ2n) is 10.3. The molecule has 1 amide bonds. The first-order chi connectivity index (χ1) is 19.6. The lowest BCUT2D eigenvalue weighted by Gasteiger charge is -2.20. The summed E-state index contributed by atoms with van der Waals surface area (Å²) in [5, 5.41) is 11.3. The van der Waals surface area contributed by atoms with Gasteiger partial charge in [0.25, 0.3) is 0 Å². The van der Waals surface area contributed by atoms with Crippen LogP contribution in [0.1, 0.15) is 38.5 Å². The van der Waals surface area contributed by atoms with E-state index in [1.54, 1.807) is 30.9 Å². The fourth-order valence-electron chi connectivity index (χ4n) is 5.60. The number of pyridine rings is 3. The molecule has 1 aliphatic rings. The highest BCUT2D eigenvalue weighted by Gasteiger charge is 2.19. The summed E-state index contributed by atoms with van der Waals surface area (Å²) in [6.45, 7) is 0. The maximum Gasteiger partial charge on any atom is 0.224 e. The Bertz CT molecular complexity index is 1850. The SMILES string of the molecule is O=C(CC1CCCCC1)Nc1cncc(-c2ccc3[nH]nc(-c4cc5c(-c6ccc(F)s6)cncc5[nH]4)c3n2)c1. The molecular weight excluding hydrogens is 525 g/mol. The van der Waals surface area contributed by atoms with Crippen molar-refractivity contribution < 1.29 is 9.18 Å². The van der Waals surface area contributed by atoms with Gasteiger partial charge in [-0.1, -0.05) is 19.3 Å². The van der Waals surface area contributed by atoms with Crippen molar-refractivity contribution in [3.63, 3.8) is 0 Å². The van der Waals surface area contributed by atoms with Crippen molar-refractivity contribution in [3.05, 3.63) is 66.3 Å². The summed E-state index contributed by atoms with van der Waals surface area (Å²) >= 11 is 1.09. The molecule has 7 rings (SSSR count). The van der Waals surface area contributed by atoms with Crippen LogP contribution in [-0.2, 0) is 4.79 Å². The number of aromatic nitrogens is 6. The molecule has 0 aliphatic heterocycles. The quantitative estimate of drug-likeness (QED) is 0.200. The second kappa shape index (κ2) is 10.3. The molecule has 1 saturated carbocycles. The molecule has 0 aromatic carbocycles. The molecule has 0 atom stereocenters. The predicted molar refractivity (Wildman–Crippen MR) is 155 cm³/mol. The molecule has 6 aromatic heterocycles. The maximum atomic E-state index is 13.7. The van der Waals surface area contributed by atoms with Crippen molar-refractivity contribution in [1.82, 2.24) is 30.1 Å². The summed E-state index contributed by atoms with van der Waals surface area (Å²) in [6.07, 6.45) is 13.4. The van der Waals surface area contributed by atoms with Gasteiger partial charge in [-0.3, -0.25) is 19.9 Å². The smallest absolute Gasteiger partial charge is 0.224 e. The average Bonchev–Trinajstić information content (AvgIpc) is 3.71. The first kappa shape index (κ1) is 24.6. The number of anilines is 1. The molecule has 1 aliphatic carbocycles. The number of aromatic amines is 2. The van der Waals surface area contributed by atoms with Crippen LogP contribution >= 0.6 is 11.3 Å². The number of amides is 1. The van der Waals surface area contributed by atoms with E-state index >= 15 is 0 Å². The lowest BCUT2D eigenvalue weighted by molar-refractivity contribution is -0.117. The summed E-state index contributed by atoms with van der Waals surface area (Å²) in [6, 6.07) is 11.0. The third-order valence-electron chi connectivity index (χ3n) is 7.56. The summed E-state index contributed by atoms with van der Waals surface area (Å²) in [7, 11) is 0. The molecule has 0 radical (unpaired) electrons. The van der Waals surface area contributed by atoms with Gasteiger partial charge in [0.15, 0.2) is 5.13 Å². The Kier molecular flexibility index (Phi) is 6.31. The van der Waals surface area contributed by atoms with Gasteiger partial charge in [0.05, 0.1) is 40.5 Å². The molecule has 0 unspecified atom stereocenters. The number of nitrogens with zero attached hydrogens (tertiary/aromatic N) is 4. The molecule has 1 fully saturated rings. The van der Waals surface area contributed by atoms with Crippen LogP contribution in [0.5, 0.6) is 0 Å². The third kappa shape index (κ3) is 4.75. The first-order valence-electron chi connectivity index (χ1n) is 13.4. The van der Waals surface area contributed by atoms with Gasteiger partial charge < -0.3 is 10.3 Å². The lowest BCUT2D eigenvalue weighted by Crippen LogP contribution is -2.18. The zero-order chi connectivity index (χ0) is 27.1. The lowest BCUT2D eigenvalue weighted by atomic mass is 9.87. The molecule has 6 aromatic rings. The number of carbonyl (C=O) groups is 1. The summed E-state index contributed by atoms with van der Waals surface area (Å²) in [4.78, 5) is 30.5. The molecule has 0 saturated heterocycles. The molecule has 10 heteroatoms. The highest BCUT2D eigenvalue weighted by molar-refractivity contribution is 7.14. The molecule has 40 heavy (non-hydrogen) atoms. The minimum atomic E-state index is -0.236. The largest absolute Gasteiger partial charge is 0.352 e. The van der Waals surface area contributed by atoms with Gasteiger partial charge >= 0.3 is 0 Å². The summed E-state index contributed by atoms with van der Waals surface area (Å²) in [5.41, 5.74) is 6.80. The number of hydrogen-bond donors (Lipinski definition) is 3. The van der Waals surface area contributed by atoms with Crippen LogP contribution in [0.25, 0.3) is 55.0 Å². The van der Waals surface area contributed by atoms with Gasteiger partial charge in [-0.15, -0.1) is 11.3 Å². The molecule has 3 N–H and O–H groups in total. The summed E-state index contributed by atoms with van der Waals surface area (Å²) < 4.78 is 13.7. The van der Waals surface area contributed by atoms with E-state index in [2.05, 4.69) is 30.5 Å². The normalized spacial score (nSPS) is 14.2. The van der Waals surface area contributed by atoms with Gasteiger partial charge in [-0.25, -0.2) is 4.98 Å². The van der Waals surface area contributed by atoms with Crippen LogP contribution in [-0.4, -0.2) is 36.0 Å². The van der Waals surface area contributed by atoms with E-state index in [4.69, 9.17) is 4.98 Å². The van der Waals surface area contributed by atoms with E-state index in [0.29, 0.717) is 29.2 Å². The van der Waals surface area contributed by atoms with Crippen molar-refractivity contribution >= 4 is 44.9 Å². The van der Waals surface area contributed by atoms with Crippen LogP contribution in [0.15, 0.2) is 61.2 Å². The Morgan fingerprint density at radius 1 is 1.00 bits per heavy atom. The third-order valence-corrected chi connectivity index (χ3v) is 8.47. The number of hydrogen-bond acceptors (Lipinski definition) is 6. The first-order valence-corrected chi connectivity index (χ1v) is 14.3. The molecule has 0 spiro atoms. The van der Waals surface area contributed by atoms with Gasteiger partial charge in [-0.2, -0.15) is 9.49 Å². The minimum absolute atomic E-state index is 0.0318. The number of halogens is 1. The van der Waals surface area contributed by atoms with E-state index in [0.717, 1.165) is 68.0 Å². The van der Waals surface area contributed by atoms with E-state index < -0.39 is 0 Å². The minimum Gasteiger partial charge on any atom is -0.352 e. The van der Waals surface area contributed by atoms with E-state index in [1.807, 2.05) is 24.3 Å². The van der Waals surface area contributed by atoms with Gasteiger partial charge in [0.1, 0.15) is 11.2 Å². The molecule has 0 bridgehead atoms. The summed E-state index contributed by atoms with van der Waals surface area (Å²) in [5.74, 6) is 0.501. The molecule has 6 heterocycles.